The van der Waals surface area contributed by atoms with Crippen molar-refractivity contribution in [2.75, 3.05) is 0 Å². The van der Waals surface area contributed by atoms with Crippen LogP contribution in [-0.2, 0) is 0 Å². The Labute approximate surface area is 179 Å². The van der Waals surface area contributed by atoms with Crippen LogP contribution in [-0.4, -0.2) is 10.5 Å². The van der Waals surface area contributed by atoms with E-state index in [0.29, 0.717) is 10.5 Å². The van der Waals surface area contributed by atoms with Gasteiger partial charge in [-0.25, -0.2) is 0 Å². The molecule has 0 nitrogen and oxygen atoms in total. The summed E-state index contributed by atoms with van der Waals surface area (Å²) in [7, 11) is 0. The zero-order valence-corrected chi connectivity index (χ0v) is 19.2. The van der Waals surface area contributed by atoms with E-state index in [1.807, 2.05) is 0 Å². The van der Waals surface area contributed by atoms with Crippen molar-refractivity contribution in [2.45, 2.75) is 101 Å². The van der Waals surface area contributed by atoms with Gasteiger partial charge in [0.1, 0.15) is 0 Å². The van der Waals surface area contributed by atoms with Gasteiger partial charge in [0.05, 0.1) is 0 Å². The first kappa shape index (κ1) is 19.7. The van der Waals surface area contributed by atoms with Crippen LogP contribution in [0.3, 0.4) is 0 Å². The number of fused-ring (bicyclic) bond motifs is 3. The molecule has 5 fully saturated rings. The van der Waals surface area contributed by atoms with Gasteiger partial charge in [-0.2, -0.15) is 25.3 Å². The van der Waals surface area contributed by atoms with Crippen LogP contribution in [0.15, 0.2) is 0 Å². The summed E-state index contributed by atoms with van der Waals surface area (Å²) in [5, 5.41) is 1.36. The minimum atomic E-state index is 0.672. The molecule has 154 valence electrons. The van der Waals surface area contributed by atoms with Gasteiger partial charge in [0, 0.05) is 10.5 Å². The summed E-state index contributed by atoms with van der Waals surface area (Å²) in [6, 6.07) is 0. The number of thiol groups is 2. The molecule has 6 bridgehead atoms. The summed E-state index contributed by atoms with van der Waals surface area (Å²) < 4.78 is 0. The Morgan fingerprint density at radius 3 is 1.56 bits per heavy atom. The standard InChI is InChI=1S/C25H42S2/c1-15-7-9-20-18-5-3-2-4-6-19-21(25-14-17(27)13-24(20)25)10-8-16(26)12-23(19)22(18)11-15/h15-27H,2-14H2,1H3. The second-order valence-corrected chi connectivity index (χ2v) is 12.9. The molecule has 0 amide bonds. The van der Waals surface area contributed by atoms with Crippen molar-refractivity contribution in [1.29, 1.82) is 0 Å². The molecule has 0 saturated heterocycles. The molecule has 0 N–H and O–H groups in total. The lowest BCUT2D eigenvalue weighted by Gasteiger charge is -2.49. The SMILES string of the molecule is CC1CCC2C3CCCCCC4C(CCC(S)CC4C3C1)C1CC(S)CC21. The van der Waals surface area contributed by atoms with Crippen LogP contribution < -0.4 is 0 Å². The third-order valence-corrected chi connectivity index (χ3v) is 11.0. The molecule has 5 rings (SSSR count). The van der Waals surface area contributed by atoms with E-state index in [0.717, 1.165) is 53.3 Å². The molecule has 0 heterocycles. The van der Waals surface area contributed by atoms with Gasteiger partial charge in [0.25, 0.3) is 0 Å². The molecule has 0 spiro atoms. The minimum absolute atomic E-state index is 0.672. The first-order chi connectivity index (χ1) is 13.1. The summed E-state index contributed by atoms with van der Waals surface area (Å²) in [6.45, 7) is 2.58. The molecule has 2 heteroatoms. The second kappa shape index (κ2) is 8.09. The van der Waals surface area contributed by atoms with Crippen LogP contribution in [0.1, 0.15) is 90.4 Å². The molecule has 0 aromatic carbocycles. The normalized spacial score (nSPS) is 55.9. The van der Waals surface area contributed by atoms with E-state index in [1.54, 1.807) is 19.3 Å². The van der Waals surface area contributed by atoms with Gasteiger partial charge in [-0.3, -0.25) is 0 Å². The van der Waals surface area contributed by atoms with Crippen molar-refractivity contribution in [1.82, 2.24) is 0 Å². The van der Waals surface area contributed by atoms with Crippen molar-refractivity contribution < 1.29 is 0 Å². The molecule has 5 aliphatic rings. The van der Waals surface area contributed by atoms with E-state index in [2.05, 4.69) is 6.92 Å². The Balaban J connectivity index is 1.63. The molecule has 11 unspecified atom stereocenters. The van der Waals surface area contributed by atoms with E-state index >= 15 is 0 Å². The highest BCUT2D eigenvalue weighted by atomic mass is 32.1. The van der Waals surface area contributed by atoms with Gasteiger partial charge in [-0.15, -0.1) is 0 Å². The monoisotopic (exact) mass is 406 g/mol. The van der Waals surface area contributed by atoms with Crippen molar-refractivity contribution in [3.05, 3.63) is 0 Å². The van der Waals surface area contributed by atoms with Crippen molar-refractivity contribution >= 4 is 25.3 Å². The quantitative estimate of drug-likeness (QED) is 0.388. The maximum absolute atomic E-state index is 5.13. The van der Waals surface area contributed by atoms with Crippen molar-refractivity contribution in [2.24, 2.45) is 53.3 Å². The average Bonchev–Trinajstić information content (AvgIpc) is 2.84. The molecule has 0 radical (unpaired) electrons. The maximum atomic E-state index is 5.13. The predicted molar refractivity (Wildman–Crippen MR) is 123 cm³/mol. The third kappa shape index (κ3) is 3.66. The second-order valence-electron chi connectivity index (χ2n) is 11.5. The Hall–Kier alpha value is 0.700. The fraction of sp³-hybridized carbons (Fsp3) is 1.00. The molecule has 5 aliphatic carbocycles. The van der Waals surface area contributed by atoms with Gasteiger partial charge in [0.15, 0.2) is 0 Å². The van der Waals surface area contributed by atoms with Crippen LogP contribution in [0.4, 0.5) is 0 Å². The van der Waals surface area contributed by atoms with Gasteiger partial charge in [0.2, 0.25) is 0 Å². The smallest absolute Gasteiger partial charge is 0.00224 e. The Bertz CT molecular complexity index is 474. The zero-order chi connectivity index (χ0) is 18.5. The van der Waals surface area contributed by atoms with Crippen LogP contribution in [0.25, 0.3) is 0 Å². The van der Waals surface area contributed by atoms with Crippen LogP contribution >= 0.6 is 25.3 Å². The molecular formula is C25H42S2. The summed E-state index contributed by atoms with van der Waals surface area (Å²) in [5.41, 5.74) is 0. The first-order valence-corrected chi connectivity index (χ1v) is 13.5. The minimum Gasteiger partial charge on any atom is -0.176 e. The molecule has 0 aromatic heterocycles. The van der Waals surface area contributed by atoms with E-state index in [-0.39, 0.29) is 0 Å². The van der Waals surface area contributed by atoms with Crippen LogP contribution in [0.5, 0.6) is 0 Å². The molecular weight excluding hydrogens is 364 g/mol. The molecule has 5 saturated carbocycles. The molecule has 0 aromatic rings. The lowest BCUT2D eigenvalue weighted by Crippen LogP contribution is -2.43. The van der Waals surface area contributed by atoms with Crippen molar-refractivity contribution in [3.63, 3.8) is 0 Å². The number of hydrogen-bond acceptors (Lipinski definition) is 2. The van der Waals surface area contributed by atoms with E-state index in [4.69, 9.17) is 25.3 Å². The Morgan fingerprint density at radius 2 is 0.926 bits per heavy atom. The fourth-order valence-corrected chi connectivity index (χ4v) is 10.1. The van der Waals surface area contributed by atoms with E-state index < -0.39 is 0 Å². The number of hydrogen-bond donors (Lipinski definition) is 2. The highest BCUT2D eigenvalue weighted by Gasteiger charge is 2.54. The highest BCUT2D eigenvalue weighted by Crippen LogP contribution is 2.61. The first-order valence-electron chi connectivity index (χ1n) is 12.5. The molecule has 27 heavy (non-hydrogen) atoms. The lowest BCUT2D eigenvalue weighted by atomic mass is 9.56. The van der Waals surface area contributed by atoms with Gasteiger partial charge in [-0.05, 0) is 111 Å². The third-order valence-electron chi connectivity index (χ3n) is 10.1. The highest BCUT2D eigenvalue weighted by molar-refractivity contribution is 7.81. The topological polar surface area (TPSA) is 0 Å². The zero-order valence-electron chi connectivity index (χ0n) is 17.4. The van der Waals surface area contributed by atoms with Gasteiger partial charge in [-0.1, -0.05) is 32.6 Å². The summed E-state index contributed by atoms with van der Waals surface area (Å²) >= 11 is 10.2. The lowest BCUT2D eigenvalue weighted by molar-refractivity contribution is -0.00961. The average molecular weight is 407 g/mol. The summed E-state index contributed by atoms with van der Waals surface area (Å²) in [5.74, 6) is 9.06. The molecule has 11 atom stereocenters. The van der Waals surface area contributed by atoms with Gasteiger partial charge < -0.3 is 0 Å². The predicted octanol–water partition coefficient (Wildman–Crippen LogP) is 7.29. The largest absolute Gasteiger partial charge is 0.176 e. The Kier molecular flexibility index (Phi) is 5.89. The Morgan fingerprint density at radius 1 is 0.444 bits per heavy atom. The van der Waals surface area contributed by atoms with Crippen LogP contribution in [0.2, 0.25) is 0 Å². The fourth-order valence-electron chi connectivity index (χ4n) is 9.19. The molecule has 0 aliphatic heterocycles. The van der Waals surface area contributed by atoms with E-state index in [1.165, 1.54) is 64.2 Å². The maximum Gasteiger partial charge on any atom is 0.00224 e. The van der Waals surface area contributed by atoms with E-state index in [9.17, 15) is 0 Å². The van der Waals surface area contributed by atoms with Gasteiger partial charge >= 0.3 is 0 Å². The summed E-state index contributed by atoms with van der Waals surface area (Å²) in [6.07, 6.45) is 19.4. The summed E-state index contributed by atoms with van der Waals surface area (Å²) in [4.78, 5) is 0. The number of rotatable bonds is 0. The van der Waals surface area contributed by atoms with Crippen molar-refractivity contribution in [3.8, 4) is 0 Å². The van der Waals surface area contributed by atoms with Crippen LogP contribution in [0, 0.1) is 53.3 Å².